The first kappa shape index (κ1) is 55.8. The van der Waals surface area contributed by atoms with E-state index in [0.717, 1.165) is 0 Å². The first-order valence-electron chi connectivity index (χ1n) is 17.9. The molecule has 0 radical (unpaired) electrons. The molecule has 2 aromatic rings. The van der Waals surface area contributed by atoms with Crippen molar-refractivity contribution in [2.24, 2.45) is 0 Å². The Morgan fingerprint density at radius 2 is 0.917 bits per heavy atom. The van der Waals surface area contributed by atoms with Crippen molar-refractivity contribution in [1.82, 2.24) is 20.4 Å². The lowest BCUT2D eigenvalue weighted by atomic mass is 10.1. The molecule has 0 bridgehead atoms. The number of halogens is 6. The molecule has 0 aliphatic carbocycles. The molecular formula is C35H46I6N6O13. The molecule has 0 saturated carbocycles. The number of carbonyl (C=O) groups excluding carboxylic acids is 5. The summed E-state index contributed by atoms with van der Waals surface area (Å²) in [5.41, 5.74) is 0.748. The Morgan fingerprint density at radius 1 is 0.533 bits per heavy atom. The van der Waals surface area contributed by atoms with Gasteiger partial charge < -0.3 is 71.9 Å². The van der Waals surface area contributed by atoms with E-state index >= 15 is 0 Å². The number of hydrogen-bond donors (Lipinski definition) is 12. The second-order valence-electron chi connectivity index (χ2n) is 13.1. The number of likely N-dealkylation sites (N-methyl/N-ethyl adjacent to an activating group) is 2. The van der Waals surface area contributed by atoms with Gasteiger partial charge in [-0.2, -0.15) is 0 Å². The molecule has 0 aliphatic rings. The van der Waals surface area contributed by atoms with Gasteiger partial charge >= 0.3 is 0 Å². The summed E-state index contributed by atoms with van der Waals surface area (Å²) in [7, 11) is 2.85. The maximum atomic E-state index is 13.6. The van der Waals surface area contributed by atoms with Gasteiger partial charge in [0.1, 0.15) is 6.23 Å². The van der Waals surface area contributed by atoms with E-state index in [4.69, 9.17) is 0 Å². The Hall–Kier alpha value is -0.350. The summed E-state index contributed by atoms with van der Waals surface area (Å²) >= 11 is 11.3. The van der Waals surface area contributed by atoms with E-state index in [1.54, 1.807) is 0 Å². The van der Waals surface area contributed by atoms with Crippen molar-refractivity contribution in [1.29, 1.82) is 0 Å². The summed E-state index contributed by atoms with van der Waals surface area (Å²) in [5, 5.41) is 88.2. The standard InChI is InChI=1S/C35H46I6N6O13/c1-46(9-15(52)11-48)34(59)21-23(36)19(25(38)29(27(21)40)44-18(55)14-51)32(57)42-7-5-3-4-6-8-43-33(58)20-24(37)22(35(60)47(2)10-16(53)12-49)28(41)30(26(20)39)45-31(56)17(54)13-50/h15-18,44,48-55H,3-14H2,1-2H3,(H,42,57)(H,43,58)(H,45,56). The topological polar surface area (TPSA) is 302 Å². The predicted octanol–water partition coefficient (Wildman–Crippen LogP) is 0.899. The zero-order valence-corrected chi connectivity index (χ0v) is 45.0. The van der Waals surface area contributed by atoms with Crippen LogP contribution in [0.2, 0.25) is 0 Å². The summed E-state index contributed by atoms with van der Waals surface area (Å²) in [6.45, 7) is -2.56. The number of amides is 5. The first-order valence-corrected chi connectivity index (χ1v) is 24.4. The van der Waals surface area contributed by atoms with E-state index in [9.17, 15) is 64.8 Å². The van der Waals surface area contributed by atoms with Crippen LogP contribution in [0, 0.1) is 21.4 Å². The van der Waals surface area contributed by atoms with E-state index in [2.05, 4.69) is 21.3 Å². The zero-order valence-electron chi connectivity index (χ0n) is 32.1. The number of anilines is 2. The van der Waals surface area contributed by atoms with Crippen molar-refractivity contribution in [2.45, 2.75) is 50.2 Å². The van der Waals surface area contributed by atoms with Gasteiger partial charge in [-0.05, 0) is 148 Å². The number of rotatable bonds is 23. The third-order valence-corrected chi connectivity index (χ3v) is 15.0. The second kappa shape index (κ2) is 27.2. The number of carbonyl (C=O) groups is 5. The number of aliphatic hydroxyl groups is 8. The molecule has 25 heteroatoms. The second-order valence-corrected chi connectivity index (χ2v) is 19.6. The van der Waals surface area contributed by atoms with Gasteiger partial charge in [0.2, 0.25) is 0 Å². The van der Waals surface area contributed by atoms with Crippen LogP contribution in [0.5, 0.6) is 0 Å². The van der Waals surface area contributed by atoms with Gasteiger partial charge in [-0.15, -0.1) is 0 Å². The Kier molecular flexibility index (Phi) is 25.3. The number of hydrogen-bond acceptors (Lipinski definition) is 14. The molecule has 2 rings (SSSR count). The fourth-order valence-corrected chi connectivity index (χ4v) is 14.1. The predicted molar refractivity (Wildman–Crippen MR) is 271 cm³/mol. The van der Waals surface area contributed by atoms with Crippen LogP contribution in [-0.4, -0.2) is 171 Å². The van der Waals surface area contributed by atoms with Gasteiger partial charge in [-0.3, -0.25) is 24.0 Å². The first-order chi connectivity index (χ1) is 28.2. The van der Waals surface area contributed by atoms with Crippen LogP contribution in [-0.2, 0) is 4.79 Å². The van der Waals surface area contributed by atoms with E-state index < -0.39 is 80.5 Å². The highest BCUT2D eigenvalue weighted by Gasteiger charge is 2.32. The average molecular weight is 1520 g/mol. The lowest BCUT2D eigenvalue weighted by molar-refractivity contribution is -0.125. The molecule has 4 unspecified atom stereocenters. The van der Waals surface area contributed by atoms with Crippen LogP contribution in [0.15, 0.2) is 0 Å². The Balaban J connectivity index is 2.19. The summed E-state index contributed by atoms with van der Waals surface area (Å²) < 4.78 is 1.89. The SMILES string of the molecule is CN(CC(O)CO)C(=O)c1c(I)c(NC(=O)C(O)CO)c(I)c(C(=O)NCCCCCCNC(=O)c2c(I)c(NC(O)CO)c(I)c(C(=O)N(C)CC(O)CO)c2I)c1I. The van der Waals surface area contributed by atoms with Crippen LogP contribution >= 0.6 is 136 Å². The normalized spacial score (nSPS) is 13.2. The van der Waals surface area contributed by atoms with E-state index in [-0.39, 0.29) is 70.5 Å². The molecule has 2 aromatic carbocycles. The van der Waals surface area contributed by atoms with Crippen LogP contribution in [0.25, 0.3) is 0 Å². The number of unbranched alkanes of at least 4 members (excludes halogenated alkanes) is 3. The number of nitrogens with zero attached hydrogens (tertiary/aromatic N) is 2. The summed E-state index contributed by atoms with van der Waals surface area (Å²) in [6, 6.07) is 0. The molecule has 0 aromatic heterocycles. The highest BCUT2D eigenvalue weighted by atomic mass is 127. The van der Waals surface area contributed by atoms with Gasteiger partial charge in [0, 0.05) is 47.4 Å². The van der Waals surface area contributed by atoms with Gasteiger partial charge in [0.25, 0.3) is 29.5 Å². The third kappa shape index (κ3) is 15.1. The number of benzene rings is 2. The Morgan fingerprint density at radius 3 is 1.30 bits per heavy atom. The molecular weight excluding hydrogens is 1470 g/mol. The maximum Gasteiger partial charge on any atom is 0.255 e. The summed E-state index contributed by atoms with van der Waals surface area (Å²) in [5.74, 6) is -3.14. The van der Waals surface area contributed by atoms with Crippen molar-refractivity contribution in [3.8, 4) is 0 Å². The van der Waals surface area contributed by atoms with Gasteiger partial charge in [0.15, 0.2) is 6.10 Å². The molecule has 0 aliphatic heterocycles. The molecule has 0 saturated heterocycles. The van der Waals surface area contributed by atoms with Gasteiger partial charge in [0.05, 0.1) is 86.5 Å². The molecule has 336 valence electrons. The van der Waals surface area contributed by atoms with Crippen molar-refractivity contribution in [2.75, 3.05) is 77.3 Å². The fourth-order valence-electron chi connectivity index (χ4n) is 5.32. The number of aliphatic hydroxyl groups excluding tert-OH is 8. The average Bonchev–Trinajstić information content (AvgIpc) is 3.20. The van der Waals surface area contributed by atoms with Crippen molar-refractivity contribution in [3.63, 3.8) is 0 Å². The minimum atomic E-state index is -1.77. The quantitative estimate of drug-likeness (QED) is 0.0419. The molecule has 0 spiro atoms. The third-order valence-electron chi connectivity index (χ3n) is 8.48. The van der Waals surface area contributed by atoms with Crippen LogP contribution in [0.4, 0.5) is 11.4 Å². The van der Waals surface area contributed by atoms with Crippen LogP contribution < -0.4 is 21.3 Å². The summed E-state index contributed by atoms with van der Waals surface area (Å²) in [4.78, 5) is 69.3. The van der Waals surface area contributed by atoms with Crippen molar-refractivity contribution < 1.29 is 64.8 Å². The monoisotopic (exact) mass is 1520 g/mol. The van der Waals surface area contributed by atoms with Crippen LogP contribution in [0.3, 0.4) is 0 Å². The molecule has 5 amide bonds. The highest BCUT2D eigenvalue weighted by molar-refractivity contribution is 14.1. The molecule has 60 heavy (non-hydrogen) atoms. The highest BCUT2D eigenvalue weighted by Crippen LogP contribution is 2.38. The zero-order chi connectivity index (χ0) is 45.6. The van der Waals surface area contributed by atoms with E-state index in [0.29, 0.717) is 36.4 Å². The summed E-state index contributed by atoms with van der Waals surface area (Å²) in [6.07, 6.45) is -3.17. The molecule has 12 N–H and O–H groups in total. The largest absolute Gasteiger partial charge is 0.394 e. The molecule has 19 nitrogen and oxygen atoms in total. The maximum absolute atomic E-state index is 13.6. The minimum absolute atomic E-state index is 0.0446. The molecule has 4 atom stereocenters. The van der Waals surface area contributed by atoms with Gasteiger partial charge in [-0.25, -0.2) is 0 Å². The van der Waals surface area contributed by atoms with Crippen molar-refractivity contribution >= 4 is 176 Å². The molecule has 0 fully saturated rings. The smallest absolute Gasteiger partial charge is 0.255 e. The van der Waals surface area contributed by atoms with Crippen molar-refractivity contribution in [3.05, 3.63) is 43.7 Å². The lowest BCUT2D eigenvalue weighted by Gasteiger charge is -2.25. The van der Waals surface area contributed by atoms with E-state index in [1.807, 2.05) is 136 Å². The van der Waals surface area contributed by atoms with E-state index in [1.165, 1.54) is 23.9 Å². The van der Waals surface area contributed by atoms with Crippen LogP contribution in [0.1, 0.15) is 67.1 Å². The van der Waals surface area contributed by atoms with Gasteiger partial charge in [-0.1, -0.05) is 12.8 Å². The molecule has 0 heterocycles. The minimum Gasteiger partial charge on any atom is -0.394 e. The lowest BCUT2D eigenvalue weighted by Crippen LogP contribution is -2.38. The Bertz CT molecular complexity index is 1880. The Labute approximate surface area is 427 Å². The fraction of sp³-hybridized carbons (Fsp3) is 0.514. The number of nitrogens with one attached hydrogen (secondary N) is 4.